The molecule has 0 saturated heterocycles. The molecule has 0 aromatic heterocycles. The zero-order valence-corrected chi connectivity index (χ0v) is 18.1. The van der Waals surface area contributed by atoms with Crippen LogP contribution in [-0.4, -0.2) is 16.8 Å². The second kappa shape index (κ2) is 9.25. The first-order valence-corrected chi connectivity index (χ1v) is 10.8. The molecule has 150 valence electrons. The summed E-state index contributed by atoms with van der Waals surface area (Å²) in [5, 5.41) is 11.8. The fraction of sp³-hybridized carbons (Fsp3) is 0.200. The van der Waals surface area contributed by atoms with Crippen molar-refractivity contribution >= 4 is 27.5 Å². The van der Waals surface area contributed by atoms with Crippen LogP contribution in [-0.2, 0) is 13.1 Å². The van der Waals surface area contributed by atoms with Crippen molar-refractivity contribution in [2.24, 2.45) is 0 Å². The maximum Gasteiger partial charge on any atom is 0.255 e. The molecule has 1 aliphatic rings. The zero-order valence-electron chi connectivity index (χ0n) is 16.5. The topological polar surface area (TPSA) is 56.1 Å². The smallest absolute Gasteiger partial charge is 0.255 e. The molecular weight excluding hydrogens is 438 g/mol. The first-order chi connectivity index (χ1) is 14.6. The highest BCUT2D eigenvalue weighted by atomic mass is 79.9. The standard InChI is InChI=1S/C25H22BrN3O/c26-22-8-4-19(5-9-22)16-29(24-12-13-24)17-20-2-1-3-21(14-20)25(30)28-23-10-6-18(15-27)7-11-23/h1-11,14,24H,12-13,16-17H2,(H,28,30). The Hall–Kier alpha value is -2.94. The predicted octanol–water partition coefficient (Wildman–Crippen LogP) is 5.74. The van der Waals surface area contributed by atoms with E-state index in [9.17, 15) is 4.79 Å². The number of rotatable bonds is 7. The maximum atomic E-state index is 12.7. The average Bonchev–Trinajstić information content (AvgIpc) is 3.61. The molecule has 1 amide bonds. The van der Waals surface area contributed by atoms with E-state index >= 15 is 0 Å². The Morgan fingerprint density at radius 3 is 2.37 bits per heavy atom. The third-order valence-corrected chi connectivity index (χ3v) is 5.74. The molecule has 1 saturated carbocycles. The predicted molar refractivity (Wildman–Crippen MR) is 122 cm³/mol. The summed E-state index contributed by atoms with van der Waals surface area (Å²) in [5.74, 6) is -0.146. The summed E-state index contributed by atoms with van der Waals surface area (Å²) < 4.78 is 1.09. The van der Waals surface area contributed by atoms with E-state index in [-0.39, 0.29) is 5.91 Å². The summed E-state index contributed by atoms with van der Waals surface area (Å²) in [7, 11) is 0. The summed E-state index contributed by atoms with van der Waals surface area (Å²) in [6.45, 7) is 1.72. The Kier molecular flexibility index (Phi) is 6.27. The van der Waals surface area contributed by atoms with E-state index in [1.54, 1.807) is 24.3 Å². The van der Waals surface area contributed by atoms with Crippen LogP contribution in [0.25, 0.3) is 0 Å². The molecule has 0 aliphatic heterocycles. The van der Waals surface area contributed by atoms with Crippen LogP contribution >= 0.6 is 15.9 Å². The molecule has 30 heavy (non-hydrogen) atoms. The van der Waals surface area contributed by atoms with Crippen molar-refractivity contribution in [2.45, 2.75) is 32.0 Å². The fourth-order valence-electron chi connectivity index (χ4n) is 3.45. The summed E-state index contributed by atoms with van der Waals surface area (Å²) in [4.78, 5) is 15.2. The summed E-state index contributed by atoms with van der Waals surface area (Å²) in [6, 6.07) is 25.9. The van der Waals surface area contributed by atoms with Crippen LogP contribution in [0.4, 0.5) is 5.69 Å². The Morgan fingerprint density at radius 1 is 1.00 bits per heavy atom. The maximum absolute atomic E-state index is 12.7. The van der Waals surface area contributed by atoms with Crippen LogP contribution in [0.3, 0.4) is 0 Å². The van der Waals surface area contributed by atoms with Gasteiger partial charge in [-0.2, -0.15) is 5.26 Å². The van der Waals surface area contributed by atoms with Gasteiger partial charge in [-0.05, 0) is 72.5 Å². The summed E-state index contributed by atoms with van der Waals surface area (Å²) >= 11 is 3.49. The van der Waals surface area contributed by atoms with Crippen LogP contribution in [0.2, 0.25) is 0 Å². The second-order valence-electron chi connectivity index (χ2n) is 7.61. The van der Waals surface area contributed by atoms with Gasteiger partial charge in [0.1, 0.15) is 0 Å². The summed E-state index contributed by atoms with van der Waals surface area (Å²) in [6.07, 6.45) is 2.46. The van der Waals surface area contributed by atoms with Crippen LogP contribution in [0.1, 0.15) is 39.9 Å². The molecule has 0 heterocycles. The lowest BCUT2D eigenvalue weighted by Gasteiger charge is -2.22. The lowest BCUT2D eigenvalue weighted by molar-refractivity contribution is 0.102. The Labute approximate surface area is 185 Å². The van der Waals surface area contributed by atoms with E-state index in [0.717, 1.165) is 23.1 Å². The van der Waals surface area contributed by atoms with Crippen LogP contribution in [0, 0.1) is 11.3 Å². The Balaban J connectivity index is 1.44. The molecular formula is C25H22BrN3O. The van der Waals surface area contributed by atoms with E-state index in [0.29, 0.717) is 22.9 Å². The van der Waals surface area contributed by atoms with Gasteiger partial charge in [0.2, 0.25) is 0 Å². The van der Waals surface area contributed by atoms with E-state index < -0.39 is 0 Å². The van der Waals surface area contributed by atoms with Gasteiger partial charge >= 0.3 is 0 Å². The molecule has 3 aromatic rings. The van der Waals surface area contributed by atoms with Crippen molar-refractivity contribution in [3.8, 4) is 6.07 Å². The van der Waals surface area contributed by atoms with Crippen molar-refractivity contribution in [1.29, 1.82) is 5.26 Å². The normalized spacial score (nSPS) is 13.1. The highest BCUT2D eigenvalue weighted by molar-refractivity contribution is 9.10. The molecule has 0 unspecified atom stereocenters. The molecule has 3 aromatic carbocycles. The minimum absolute atomic E-state index is 0.146. The molecule has 1 N–H and O–H groups in total. The van der Waals surface area contributed by atoms with Gasteiger partial charge in [0.25, 0.3) is 5.91 Å². The zero-order chi connectivity index (χ0) is 20.9. The number of carbonyl (C=O) groups excluding carboxylic acids is 1. The van der Waals surface area contributed by atoms with Gasteiger partial charge < -0.3 is 5.32 Å². The van der Waals surface area contributed by atoms with E-state index in [2.05, 4.69) is 62.5 Å². The number of halogens is 1. The van der Waals surface area contributed by atoms with Gasteiger partial charge in [0, 0.05) is 34.9 Å². The van der Waals surface area contributed by atoms with Crippen LogP contribution < -0.4 is 5.32 Å². The van der Waals surface area contributed by atoms with Crippen molar-refractivity contribution in [2.75, 3.05) is 5.32 Å². The molecule has 5 heteroatoms. The molecule has 0 spiro atoms. The average molecular weight is 460 g/mol. The quantitative estimate of drug-likeness (QED) is 0.490. The second-order valence-corrected chi connectivity index (χ2v) is 8.52. The van der Waals surface area contributed by atoms with E-state index in [1.807, 2.05) is 18.2 Å². The highest BCUT2D eigenvalue weighted by Crippen LogP contribution is 2.30. The summed E-state index contributed by atoms with van der Waals surface area (Å²) in [5.41, 5.74) is 4.31. The molecule has 4 rings (SSSR count). The number of amides is 1. The van der Waals surface area contributed by atoms with Crippen LogP contribution in [0.15, 0.2) is 77.3 Å². The first-order valence-electron chi connectivity index (χ1n) is 10.00. The fourth-order valence-corrected chi connectivity index (χ4v) is 3.72. The number of hydrogen-bond acceptors (Lipinski definition) is 3. The molecule has 4 nitrogen and oxygen atoms in total. The number of hydrogen-bond donors (Lipinski definition) is 1. The Morgan fingerprint density at radius 2 is 1.70 bits per heavy atom. The van der Waals surface area contributed by atoms with Gasteiger partial charge in [-0.3, -0.25) is 9.69 Å². The highest BCUT2D eigenvalue weighted by Gasteiger charge is 2.29. The van der Waals surface area contributed by atoms with E-state index in [1.165, 1.54) is 18.4 Å². The van der Waals surface area contributed by atoms with Gasteiger partial charge in [-0.25, -0.2) is 0 Å². The first kappa shape index (κ1) is 20.3. The number of carbonyl (C=O) groups is 1. The van der Waals surface area contributed by atoms with Crippen molar-refractivity contribution in [1.82, 2.24) is 4.90 Å². The van der Waals surface area contributed by atoms with E-state index in [4.69, 9.17) is 5.26 Å². The SMILES string of the molecule is N#Cc1ccc(NC(=O)c2cccc(CN(Cc3ccc(Br)cc3)C3CC3)c2)cc1. The molecule has 0 bridgehead atoms. The van der Waals surface area contributed by atoms with Crippen LogP contribution in [0.5, 0.6) is 0 Å². The number of anilines is 1. The molecule has 0 atom stereocenters. The van der Waals surface area contributed by atoms with Gasteiger partial charge in [0.15, 0.2) is 0 Å². The minimum atomic E-state index is -0.146. The molecule has 1 fully saturated rings. The third kappa shape index (κ3) is 5.35. The minimum Gasteiger partial charge on any atom is -0.322 e. The molecule has 1 aliphatic carbocycles. The number of nitriles is 1. The van der Waals surface area contributed by atoms with Crippen molar-refractivity contribution in [3.63, 3.8) is 0 Å². The lowest BCUT2D eigenvalue weighted by atomic mass is 10.1. The molecule has 0 radical (unpaired) electrons. The number of benzene rings is 3. The number of nitrogens with zero attached hydrogens (tertiary/aromatic N) is 2. The van der Waals surface area contributed by atoms with Gasteiger partial charge in [-0.1, -0.05) is 40.2 Å². The van der Waals surface area contributed by atoms with Crippen molar-refractivity contribution < 1.29 is 4.79 Å². The van der Waals surface area contributed by atoms with Gasteiger partial charge in [0.05, 0.1) is 11.6 Å². The monoisotopic (exact) mass is 459 g/mol. The number of nitrogens with one attached hydrogen (secondary N) is 1. The third-order valence-electron chi connectivity index (χ3n) is 5.21. The largest absolute Gasteiger partial charge is 0.322 e. The lowest BCUT2D eigenvalue weighted by Crippen LogP contribution is -2.25. The van der Waals surface area contributed by atoms with Gasteiger partial charge in [-0.15, -0.1) is 0 Å². The Bertz CT molecular complexity index is 1070. The van der Waals surface area contributed by atoms with Crippen molar-refractivity contribution in [3.05, 3.63) is 99.5 Å².